The molecule has 2 N–H and O–H groups in total. The highest BCUT2D eigenvalue weighted by Crippen LogP contribution is 2.38. The summed E-state index contributed by atoms with van der Waals surface area (Å²) < 4.78 is 16.5. The summed E-state index contributed by atoms with van der Waals surface area (Å²) in [4.78, 5) is 26.8. The molecule has 2 aliphatic rings. The standard InChI is InChI=1S/C24H28N2O6/c1-23(2,3)17-7-5-6-8-18(17)30-13-16(27)12-26-21(28)24(4,25-22(26)29)15-9-10-19-20(11-15)32-14-31-19/h5-11,16,27H,12-14H2,1-4H3,(H,25,29)/t16-,24-/m0/s1. The third-order valence-electron chi connectivity index (χ3n) is 5.74. The van der Waals surface area contributed by atoms with Crippen molar-refractivity contribution in [2.45, 2.75) is 44.8 Å². The Morgan fingerprint density at radius 3 is 2.62 bits per heavy atom. The predicted octanol–water partition coefficient (Wildman–Crippen LogP) is 2.92. The van der Waals surface area contributed by atoms with E-state index >= 15 is 0 Å². The van der Waals surface area contributed by atoms with Gasteiger partial charge in [0.2, 0.25) is 6.79 Å². The second kappa shape index (κ2) is 8.02. The Hall–Kier alpha value is -3.26. The molecule has 0 bridgehead atoms. The summed E-state index contributed by atoms with van der Waals surface area (Å²) in [7, 11) is 0. The van der Waals surface area contributed by atoms with Gasteiger partial charge in [0.25, 0.3) is 5.91 Å². The molecule has 2 heterocycles. The summed E-state index contributed by atoms with van der Waals surface area (Å²) in [5, 5.41) is 13.3. The highest BCUT2D eigenvalue weighted by atomic mass is 16.7. The van der Waals surface area contributed by atoms with E-state index in [0.29, 0.717) is 22.8 Å². The number of nitrogens with one attached hydrogen (secondary N) is 1. The maximum absolute atomic E-state index is 13.2. The molecule has 0 radical (unpaired) electrons. The van der Waals surface area contributed by atoms with Crippen LogP contribution in [0.5, 0.6) is 17.2 Å². The molecule has 0 saturated carbocycles. The third kappa shape index (κ3) is 3.98. The highest BCUT2D eigenvalue weighted by molar-refractivity contribution is 6.07. The summed E-state index contributed by atoms with van der Waals surface area (Å²) in [5.41, 5.74) is 0.195. The van der Waals surface area contributed by atoms with Crippen LogP contribution in [0, 0.1) is 0 Å². The average molecular weight is 440 g/mol. The molecular formula is C24H28N2O6. The molecule has 2 aromatic rings. The van der Waals surface area contributed by atoms with Crippen LogP contribution in [0.1, 0.15) is 38.8 Å². The number of ether oxygens (including phenoxy) is 3. The van der Waals surface area contributed by atoms with Crippen molar-refractivity contribution in [1.82, 2.24) is 10.2 Å². The van der Waals surface area contributed by atoms with Gasteiger partial charge < -0.3 is 24.6 Å². The van der Waals surface area contributed by atoms with Gasteiger partial charge in [0.05, 0.1) is 6.54 Å². The first-order valence-corrected chi connectivity index (χ1v) is 10.5. The molecule has 4 rings (SSSR count). The summed E-state index contributed by atoms with van der Waals surface area (Å²) >= 11 is 0. The number of imide groups is 1. The van der Waals surface area contributed by atoms with Gasteiger partial charge in [-0.1, -0.05) is 45.0 Å². The Kier molecular flexibility index (Phi) is 5.50. The number of β-amino-alcohol motifs (C(OH)–C–C–N with tert-alkyl or cyclic N) is 1. The van der Waals surface area contributed by atoms with Gasteiger partial charge in [0.15, 0.2) is 11.5 Å². The summed E-state index contributed by atoms with van der Waals surface area (Å²) in [6, 6.07) is 12.2. The van der Waals surface area contributed by atoms with Gasteiger partial charge in [-0.05, 0) is 41.7 Å². The summed E-state index contributed by atoms with van der Waals surface area (Å²) in [5.74, 6) is 1.33. The van der Waals surface area contributed by atoms with E-state index < -0.39 is 23.6 Å². The molecular weight excluding hydrogens is 412 g/mol. The molecule has 32 heavy (non-hydrogen) atoms. The maximum atomic E-state index is 13.2. The molecule has 2 aliphatic heterocycles. The van der Waals surface area contributed by atoms with Crippen molar-refractivity contribution in [1.29, 1.82) is 0 Å². The van der Waals surface area contributed by atoms with E-state index in [-0.39, 0.29) is 25.4 Å². The number of hydrogen-bond donors (Lipinski definition) is 2. The van der Waals surface area contributed by atoms with Crippen LogP contribution in [-0.4, -0.2) is 48.0 Å². The van der Waals surface area contributed by atoms with Crippen molar-refractivity contribution in [3.63, 3.8) is 0 Å². The summed E-state index contributed by atoms with van der Waals surface area (Å²) in [6.07, 6.45) is -1.04. The molecule has 1 fully saturated rings. The van der Waals surface area contributed by atoms with Gasteiger partial charge in [-0.3, -0.25) is 9.69 Å². The molecule has 0 spiro atoms. The smallest absolute Gasteiger partial charge is 0.325 e. The predicted molar refractivity (Wildman–Crippen MR) is 117 cm³/mol. The van der Waals surface area contributed by atoms with Crippen molar-refractivity contribution in [2.75, 3.05) is 19.9 Å². The zero-order valence-electron chi connectivity index (χ0n) is 18.7. The molecule has 170 valence electrons. The molecule has 3 amide bonds. The summed E-state index contributed by atoms with van der Waals surface area (Å²) in [6.45, 7) is 7.76. The number of carbonyl (C=O) groups excluding carboxylic acids is 2. The van der Waals surface area contributed by atoms with Crippen LogP contribution in [0.15, 0.2) is 42.5 Å². The minimum absolute atomic E-state index is 0.0507. The molecule has 2 atom stereocenters. The van der Waals surface area contributed by atoms with Crippen LogP contribution in [-0.2, 0) is 15.7 Å². The Morgan fingerprint density at radius 2 is 1.88 bits per heavy atom. The lowest BCUT2D eigenvalue weighted by molar-refractivity contribution is -0.132. The SMILES string of the molecule is CC(C)(C)c1ccccc1OC[C@@H](O)CN1C(=O)N[C@@](C)(c2ccc3c(c2)OCO3)C1=O. The number of benzene rings is 2. The van der Waals surface area contributed by atoms with E-state index in [1.54, 1.807) is 25.1 Å². The number of nitrogens with zero attached hydrogens (tertiary/aromatic N) is 1. The van der Waals surface area contributed by atoms with E-state index in [4.69, 9.17) is 14.2 Å². The van der Waals surface area contributed by atoms with Gasteiger partial charge in [0, 0.05) is 0 Å². The van der Waals surface area contributed by atoms with E-state index in [9.17, 15) is 14.7 Å². The highest BCUT2D eigenvalue weighted by Gasteiger charge is 2.49. The van der Waals surface area contributed by atoms with Gasteiger partial charge >= 0.3 is 6.03 Å². The molecule has 0 aliphatic carbocycles. The lowest BCUT2D eigenvalue weighted by Gasteiger charge is -2.25. The number of aliphatic hydroxyl groups is 1. The fourth-order valence-corrected chi connectivity index (χ4v) is 3.93. The zero-order chi connectivity index (χ0) is 23.1. The van der Waals surface area contributed by atoms with Crippen molar-refractivity contribution >= 4 is 11.9 Å². The van der Waals surface area contributed by atoms with E-state index in [0.717, 1.165) is 10.5 Å². The number of urea groups is 1. The van der Waals surface area contributed by atoms with E-state index in [1.165, 1.54) is 0 Å². The van der Waals surface area contributed by atoms with Crippen molar-refractivity contribution in [3.8, 4) is 17.2 Å². The number of amides is 3. The number of carbonyl (C=O) groups is 2. The van der Waals surface area contributed by atoms with Gasteiger partial charge in [-0.2, -0.15) is 0 Å². The van der Waals surface area contributed by atoms with Crippen molar-refractivity contribution in [3.05, 3.63) is 53.6 Å². The van der Waals surface area contributed by atoms with Gasteiger partial charge in [-0.15, -0.1) is 0 Å². The second-order valence-electron chi connectivity index (χ2n) is 9.25. The molecule has 1 saturated heterocycles. The van der Waals surface area contributed by atoms with Gasteiger partial charge in [-0.25, -0.2) is 4.79 Å². The van der Waals surface area contributed by atoms with Gasteiger partial charge in [0.1, 0.15) is 24.0 Å². The molecule has 8 heteroatoms. The van der Waals surface area contributed by atoms with Crippen LogP contribution in [0.2, 0.25) is 0 Å². The fraction of sp³-hybridized carbons (Fsp3) is 0.417. The first kappa shape index (κ1) is 22.0. The Labute approximate surface area is 187 Å². The minimum atomic E-state index is -1.27. The van der Waals surface area contributed by atoms with Crippen LogP contribution in [0.4, 0.5) is 4.79 Å². The number of para-hydroxylation sites is 1. The quantitative estimate of drug-likeness (QED) is 0.671. The van der Waals surface area contributed by atoms with Crippen LogP contribution >= 0.6 is 0 Å². The molecule has 8 nitrogen and oxygen atoms in total. The van der Waals surface area contributed by atoms with Crippen LogP contribution in [0.25, 0.3) is 0 Å². The van der Waals surface area contributed by atoms with E-state index in [1.807, 2.05) is 24.3 Å². The molecule has 2 aromatic carbocycles. The number of fused-ring (bicyclic) bond motifs is 1. The minimum Gasteiger partial charge on any atom is -0.491 e. The third-order valence-corrected chi connectivity index (χ3v) is 5.74. The lowest BCUT2D eigenvalue weighted by atomic mass is 9.86. The Bertz CT molecular complexity index is 1050. The van der Waals surface area contributed by atoms with E-state index in [2.05, 4.69) is 26.1 Å². The van der Waals surface area contributed by atoms with Crippen molar-refractivity contribution < 1.29 is 28.9 Å². The largest absolute Gasteiger partial charge is 0.491 e. The topological polar surface area (TPSA) is 97.3 Å². The second-order valence-corrected chi connectivity index (χ2v) is 9.25. The molecule has 0 aromatic heterocycles. The lowest BCUT2D eigenvalue weighted by Crippen LogP contribution is -2.42. The zero-order valence-corrected chi connectivity index (χ0v) is 18.7. The average Bonchev–Trinajstić information content (AvgIpc) is 3.30. The monoisotopic (exact) mass is 440 g/mol. The first-order chi connectivity index (χ1) is 15.1. The van der Waals surface area contributed by atoms with Crippen molar-refractivity contribution in [2.24, 2.45) is 0 Å². The molecule has 0 unspecified atom stereocenters. The normalized spacial score (nSPS) is 21.0. The van der Waals surface area contributed by atoms with Crippen LogP contribution < -0.4 is 19.5 Å². The number of rotatable bonds is 6. The maximum Gasteiger partial charge on any atom is 0.325 e. The number of hydrogen-bond acceptors (Lipinski definition) is 6. The Balaban J connectivity index is 1.44. The van der Waals surface area contributed by atoms with Crippen LogP contribution in [0.3, 0.4) is 0 Å². The first-order valence-electron chi connectivity index (χ1n) is 10.5. The number of aliphatic hydroxyl groups excluding tert-OH is 1. The fourth-order valence-electron chi connectivity index (χ4n) is 3.93. The Morgan fingerprint density at radius 1 is 1.16 bits per heavy atom.